The van der Waals surface area contributed by atoms with Crippen LogP contribution in [-0.4, -0.2) is 88.2 Å². The highest BCUT2D eigenvalue weighted by molar-refractivity contribution is 6.25. The highest BCUT2D eigenvalue weighted by Gasteiger charge is 2.20. The second kappa shape index (κ2) is 14.9. The Morgan fingerprint density at radius 1 is 1.03 bits per heavy atom. The molecule has 0 saturated carbocycles. The number of aliphatic carboxylic acids is 3. The summed E-state index contributed by atoms with van der Waals surface area (Å²) in [5.41, 5.74) is 1.78. The molecule has 0 bridgehead atoms. The smallest absolute Gasteiger partial charge is 0.160 e. The molecule has 1 fully saturated rings. The highest BCUT2D eigenvalue weighted by atomic mass is 16.5. The Labute approximate surface area is 192 Å². The Morgan fingerprint density at radius 3 is 2.18 bits per heavy atom. The Hall–Kier alpha value is -3.09. The number of carboxylic acid groups (broad SMARTS) is 3. The first-order chi connectivity index (χ1) is 15.8. The van der Waals surface area contributed by atoms with Gasteiger partial charge in [0.1, 0.15) is 11.3 Å². The van der Waals surface area contributed by atoms with Gasteiger partial charge in [-0.3, -0.25) is 9.80 Å². The van der Waals surface area contributed by atoms with E-state index in [1.54, 1.807) is 6.20 Å². The molecule has 2 aromatic heterocycles. The number of fused-ring (bicyclic) bond motifs is 1. The van der Waals surface area contributed by atoms with Gasteiger partial charge in [-0.15, -0.1) is 0 Å². The molecule has 184 valence electrons. The molecule has 0 spiro atoms. The van der Waals surface area contributed by atoms with Crippen molar-refractivity contribution in [2.75, 3.05) is 45.9 Å². The van der Waals surface area contributed by atoms with E-state index in [1.807, 2.05) is 37.8 Å². The number of carbonyl (C=O) groups is 3. The number of nitrogens with zero attached hydrogens (tertiary/aromatic N) is 5. The van der Waals surface area contributed by atoms with Crippen LogP contribution < -0.4 is 15.3 Å². The van der Waals surface area contributed by atoms with Gasteiger partial charge in [0.25, 0.3) is 0 Å². The highest BCUT2D eigenvalue weighted by Crippen LogP contribution is 2.16. The standard InChI is InChI=1S/C17H25N5O3.C2H2O4.C2H6/c1-2-25-11-10-22-15(19-14-4-3-5-18-17(14)22)12-20-6-8-21(9-7-20)13-16(23)24;3-1(4)2(5)6;1-2/h3-5H,2,6-13H2,1H3,(H,23,24);(H,3,4)(H,5,6);1-2H3/p-3. The fraction of sp³-hybridized carbons (Fsp3) is 0.571. The van der Waals surface area contributed by atoms with Crippen LogP contribution in [0, 0.1) is 0 Å². The second-order valence-electron chi connectivity index (χ2n) is 6.72. The van der Waals surface area contributed by atoms with Crippen molar-refractivity contribution in [3.8, 4) is 0 Å². The molecule has 3 rings (SSSR count). The van der Waals surface area contributed by atoms with Gasteiger partial charge in [-0.2, -0.15) is 0 Å². The maximum Gasteiger partial charge on any atom is 0.160 e. The molecular weight excluding hydrogens is 434 g/mol. The zero-order valence-corrected chi connectivity index (χ0v) is 19.2. The van der Waals surface area contributed by atoms with Crippen molar-refractivity contribution in [2.45, 2.75) is 33.9 Å². The predicted octanol–water partition coefficient (Wildman–Crippen LogP) is -3.15. The largest absolute Gasteiger partial charge is 0.549 e. The first-order valence-electron chi connectivity index (χ1n) is 10.8. The molecular formula is C21H30N5O7-3. The summed E-state index contributed by atoms with van der Waals surface area (Å²) in [4.78, 5) is 42.0. The van der Waals surface area contributed by atoms with Crippen LogP contribution in [0.5, 0.6) is 0 Å². The van der Waals surface area contributed by atoms with Gasteiger partial charge < -0.3 is 39.0 Å². The Bertz CT molecular complexity index is 882. The number of aromatic nitrogens is 3. The minimum Gasteiger partial charge on any atom is -0.549 e. The van der Waals surface area contributed by atoms with Crippen LogP contribution >= 0.6 is 0 Å². The first-order valence-corrected chi connectivity index (χ1v) is 10.8. The predicted molar refractivity (Wildman–Crippen MR) is 112 cm³/mol. The summed E-state index contributed by atoms with van der Waals surface area (Å²) in [7, 11) is 0. The Balaban J connectivity index is 0.000000593. The number of hydrogen-bond acceptors (Lipinski definition) is 11. The van der Waals surface area contributed by atoms with Crippen LogP contribution in [0.4, 0.5) is 0 Å². The first kappa shape index (κ1) is 27.9. The zero-order valence-electron chi connectivity index (χ0n) is 19.2. The second-order valence-corrected chi connectivity index (χ2v) is 6.72. The lowest BCUT2D eigenvalue weighted by Gasteiger charge is -2.34. The number of hydrogen-bond donors (Lipinski definition) is 0. The van der Waals surface area contributed by atoms with Gasteiger partial charge in [-0.1, -0.05) is 13.8 Å². The lowest BCUT2D eigenvalue weighted by Crippen LogP contribution is -2.49. The number of rotatable bonds is 8. The molecule has 1 aliphatic heterocycles. The average Bonchev–Trinajstić information content (AvgIpc) is 3.14. The quantitative estimate of drug-likeness (QED) is 0.286. The van der Waals surface area contributed by atoms with E-state index >= 15 is 0 Å². The van der Waals surface area contributed by atoms with Crippen LogP contribution in [0.2, 0.25) is 0 Å². The number of piperazine rings is 1. The fourth-order valence-corrected chi connectivity index (χ4v) is 3.15. The van der Waals surface area contributed by atoms with E-state index in [0.717, 1.165) is 56.3 Å². The topological polar surface area (TPSA) is 167 Å². The number of imidazole rings is 1. The number of ether oxygens (including phenoxy) is 1. The molecule has 0 atom stereocenters. The van der Waals surface area contributed by atoms with Crippen LogP contribution in [0.3, 0.4) is 0 Å². The van der Waals surface area contributed by atoms with E-state index in [4.69, 9.17) is 29.5 Å². The third-order valence-electron chi connectivity index (χ3n) is 4.60. The molecule has 0 aromatic carbocycles. The van der Waals surface area contributed by atoms with E-state index in [2.05, 4.69) is 14.5 Å². The van der Waals surface area contributed by atoms with E-state index in [-0.39, 0.29) is 6.54 Å². The van der Waals surface area contributed by atoms with Gasteiger partial charge in [0.2, 0.25) is 0 Å². The van der Waals surface area contributed by atoms with Gasteiger partial charge >= 0.3 is 0 Å². The van der Waals surface area contributed by atoms with Gasteiger partial charge in [-0.25, -0.2) is 9.97 Å². The summed E-state index contributed by atoms with van der Waals surface area (Å²) in [6, 6.07) is 3.87. The van der Waals surface area contributed by atoms with Crippen molar-refractivity contribution in [1.82, 2.24) is 24.3 Å². The van der Waals surface area contributed by atoms with E-state index in [1.165, 1.54) is 0 Å². The van der Waals surface area contributed by atoms with Crippen molar-refractivity contribution < 1.29 is 34.4 Å². The van der Waals surface area contributed by atoms with Gasteiger partial charge in [0.05, 0.1) is 31.1 Å². The molecule has 0 radical (unpaired) electrons. The minimum absolute atomic E-state index is 0.00459. The van der Waals surface area contributed by atoms with Crippen molar-refractivity contribution in [3.05, 3.63) is 24.2 Å². The molecule has 1 aliphatic rings. The Kier molecular flexibility index (Phi) is 12.6. The minimum atomic E-state index is -2.19. The molecule has 12 nitrogen and oxygen atoms in total. The monoisotopic (exact) mass is 464 g/mol. The van der Waals surface area contributed by atoms with Gasteiger partial charge in [0, 0.05) is 52.1 Å². The summed E-state index contributed by atoms with van der Waals surface area (Å²) in [5, 5.41) is 28.6. The van der Waals surface area contributed by atoms with Crippen LogP contribution in [0.15, 0.2) is 18.3 Å². The summed E-state index contributed by atoms with van der Waals surface area (Å²) in [6.45, 7) is 11.8. The van der Waals surface area contributed by atoms with Crippen molar-refractivity contribution in [2.24, 2.45) is 0 Å². The molecule has 33 heavy (non-hydrogen) atoms. The fourth-order valence-electron chi connectivity index (χ4n) is 3.15. The molecule has 0 amide bonds. The molecule has 1 saturated heterocycles. The van der Waals surface area contributed by atoms with E-state index in [0.29, 0.717) is 13.2 Å². The zero-order chi connectivity index (χ0) is 24.8. The van der Waals surface area contributed by atoms with Crippen LogP contribution in [-0.2, 0) is 32.2 Å². The summed E-state index contributed by atoms with van der Waals surface area (Å²) >= 11 is 0. The third-order valence-corrected chi connectivity index (χ3v) is 4.60. The molecule has 0 N–H and O–H groups in total. The molecule has 3 heterocycles. The molecule has 0 aliphatic carbocycles. The van der Waals surface area contributed by atoms with Crippen molar-refractivity contribution >= 4 is 29.1 Å². The normalized spacial score (nSPS) is 14.0. The van der Waals surface area contributed by atoms with Crippen LogP contribution in [0.25, 0.3) is 11.2 Å². The molecule has 2 aromatic rings. The average molecular weight is 464 g/mol. The lowest BCUT2D eigenvalue weighted by atomic mass is 10.3. The van der Waals surface area contributed by atoms with Gasteiger partial charge in [0.15, 0.2) is 5.65 Å². The Morgan fingerprint density at radius 2 is 1.64 bits per heavy atom. The molecule has 12 heteroatoms. The van der Waals surface area contributed by atoms with Crippen molar-refractivity contribution in [3.63, 3.8) is 0 Å². The van der Waals surface area contributed by atoms with E-state index in [9.17, 15) is 9.90 Å². The maximum atomic E-state index is 10.7. The molecule has 0 unspecified atom stereocenters. The van der Waals surface area contributed by atoms with Gasteiger partial charge in [-0.05, 0) is 19.1 Å². The van der Waals surface area contributed by atoms with E-state index < -0.39 is 17.9 Å². The lowest BCUT2D eigenvalue weighted by molar-refractivity contribution is -0.345. The number of carboxylic acids is 3. The summed E-state index contributed by atoms with van der Waals surface area (Å²) in [5.74, 6) is -4.41. The summed E-state index contributed by atoms with van der Waals surface area (Å²) in [6.07, 6.45) is 1.78. The van der Waals surface area contributed by atoms with Crippen LogP contribution in [0.1, 0.15) is 26.6 Å². The maximum absolute atomic E-state index is 10.7. The number of pyridine rings is 1. The van der Waals surface area contributed by atoms with Crippen molar-refractivity contribution in [1.29, 1.82) is 0 Å². The third kappa shape index (κ3) is 9.51. The summed E-state index contributed by atoms with van der Waals surface area (Å²) < 4.78 is 7.62. The number of carbonyl (C=O) groups excluding carboxylic acids is 3. The SMILES string of the molecule is CC.CCOCCn1c(CN2CCN(CC(=O)[O-])CC2)nc2cccnc21.O=C([O-])C(=O)[O-].